The van der Waals surface area contributed by atoms with E-state index in [4.69, 9.17) is 0 Å². The molecule has 3 aromatic rings. The Kier molecular flexibility index (Phi) is 3.81. The van der Waals surface area contributed by atoms with Crippen molar-refractivity contribution < 1.29 is 4.39 Å². The van der Waals surface area contributed by atoms with Crippen molar-refractivity contribution in [3.05, 3.63) is 58.3 Å². The summed E-state index contributed by atoms with van der Waals surface area (Å²) in [5.41, 5.74) is 2.88. The molecule has 0 unspecified atom stereocenters. The number of halogens is 2. The van der Waals surface area contributed by atoms with E-state index in [1.54, 1.807) is 17.8 Å². The molecule has 0 saturated heterocycles. The first kappa shape index (κ1) is 13.6. The van der Waals surface area contributed by atoms with Crippen molar-refractivity contribution in [2.45, 2.75) is 10.9 Å². The van der Waals surface area contributed by atoms with Crippen LogP contribution in [0.15, 0.2) is 52.1 Å². The SMILES string of the molecule is Cn1c(SCc2ccc(Br)cc2)nc2cc(F)ccc21. The Balaban J connectivity index is 1.84. The molecule has 0 bridgehead atoms. The monoisotopic (exact) mass is 350 g/mol. The molecule has 0 aliphatic heterocycles. The first-order valence-corrected chi connectivity index (χ1v) is 7.90. The van der Waals surface area contributed by atoms with Gasteiger partial charge in [0.05, 0.1) is 11.0 Å². The van der Waals surface area contributed by atoms with Crippen LogP contribution in [0.5, 0.6) is 0 Å². The van der Waals surface area contributed by atoms with Gasteiger partial charge in [0.2, 0.25) is 0 Å². The van der Waals surface area contributed by atoms with Gasteiger partial charge in [0.1, 0.15) is 5.82 Å². The van der Waals surface area contributed by atoms with E-state index in [0.29, 0.717) is 5.52 Å². The minimum absolute atomic E-state index is 0.250. The van der Waals surface area contributed by atoms with Crippen LogP contribution in [-0.4, -0.2) is 9.55 Å². The Morgan fingerprint density at radius 3 is 2.70 bits per heavy atom. The van der Waals surface area contributed by atoms with Crippen molar-refractivity contribution in [1.82, 2.24) is 9.55 Å². The summed E-state index contributed by atoms with van der Waals surface area (Å²) in [5, 5.41) is 0.897. The van der Waals surface area contributed by atoms with Gasteiger partial charge in [-0.3, -0.25) is 0 Å². The largest absolute Gasteiger partial charge is 0.322 e. The first-order chi connectivity index (χ1) is 9.63. The van der Waals surface area contributed by atoms with Crippen LogP contribution < -0.4 is 0 Å². The number of hydrogen-bond acceptors (Lipinski definition) is 2. The summed E-state index contributed by atoms with van der Waals surface area (Å²) < 4.78 is 16.3. The highest BCUT2D eigenvalue weighted by Crippen LogP contribution is 2.26. The number of fused-ring (bicyclic) bond motifs is 1. The third-order valence-electron chi connectivity index (χ3n) is 3.08. The van der Waals surface area contributed by atoms with E-state index in [-0.39, 0.29) is 5.82 Å². The van der Waals surface area contributed by atoms with E-state index in [2.05, 4.69) is 33.0 Å². The number of rotatable bonds is 3. The van der Waals surface area contributed by atoms with Gasteiger partial charge < -0.3 is 4.57 Å². The Bertz CT molecular complexity index is 752. The van der Waals surface area contributed by atoms with Crippen molar-refractivity contribution >= 4 is 38.7 Å². The molecule has 3 rings (SSSR count). The maximum Gasteiger partial charge on any atom is 0.169 e. The smallest absolute Gasteiger partial charge is 0.169 e. The summed E-state index contributed by atoms with van der Waals surface area (Å²) in [5.74, 6) is 0.590. The summed E-state index contributed by atoms with van der Waals surface area (Å²) in [4.78, 5) is 4.48. The molecule has 0 aliphatic carbocycles. The predicted octanol–water partition coefficient (Wildman–Crippen LogP) is 4.77. The van der Waals surface area contributed by atoms with Gasteiger partial charge in [0, 0.05) is 23.3 Å². The summed E-state index contributed by atoms with van der Waals surface area (Å²) in [6.45, 7) is 0. The van der Waals surface area contributed by atoms with Gasteiger partial charge in [-0.25, -0.2) is 9.37 Å². The van der Waals surface area contributed by atoms with Crippen molar-refractivity contribution in [2.24, 2.45) is 7.05 Å². The number of aryl methyl sites for hydroxylation is 1. The quantitative estimate of drug-likeness (QED) is 0.633. The van der Waals surface area contributed by atoms with Crippen LogP contribution in [0.3, 0.4) is 0 Å². The van der Waals surface area contributed by atoms with Crippen molar-refractivity contribution in [3.8, 4) is 0 Å². The zero-order chi connectivity index (χ0) is 14.1. The second-order valence-corrected chi connectivity index (χ2v) is 6.36. The molecule has 2 nitrogen and oxygen atoms in total. The summed E-state index contributed by atoms with van der Waals surface area (Å²) >= 11 is 5.08. The minimum atomic E-state index is -0.250. The maximum absolute atomic E-state index is 13.2. The zero-order valence-corrected chi connectivity index (χ0v) is 13.2. The van der Waals surface area contributed by atoms with Gasteiger partial charge in [-0.2, -0.15) is 0 Å². The molecule has 102 valence electrons. The fourth-order valence-electron chi connectivity index (χ4n) is 2.01. The van der Waals surface area contributed by atoms with Crippen LogP contribution in [0.4, 0.5) is 4.39 Å². The molecule has 2 aromatic carbocycles. The fraction of sp³-hybridized carbons (Fsp3) is 0.133. The normalized spacial score (nSPS) is 11.2. The lowest BCUT2D eigenvalue weighted by atomic mass is 10.2. The number of hydrogen-bond donors (Lipinski definition) is 0. The molecule has 0 spiro atoms. The topological polar surface area (TPSA) is 17.8 Å². The highest BCUT2D eigenvalue weighted by atomic mass is 79.9. The molecule has 0 atom stereocenters. The Morgan fingerprint density at radius 1 is 1.20 bits per heavy atom. The van der Waals surface area contributed by atoms with Gasteiger partial charge in [-0.15, -0.1) is 0 Å². The van der Waals surface area contributed by atoms with Crippen LogP contribution in [0.25, 0.3) is 11.0 Å². The third-order valence-corrected chi connectivity index (χ3v) is 4.71. The van der Waals surface area contributed by atoms with E-state index in [1.807, 2.05) is 23.7 Å². The average molecular weight is 351 g/mol. The van der Waals surface area contributed by atoms with Gasteiger partial charge in [-0.1, -0.05) is 39.8 Å². The number of nitrogens with zero attached hydrogens (tertiary/aromatic N) is 2. The van der Waals surface area contributed by atoms with Crippen LogP contribution in [0.2, 0.25) is 0 Å². The van der Waals surface area contributed by atoms with Crippen molar-refractivity contribution in [3.63, 3.8) is 0 Å². The van der Waals surface area contributed by atoms with Crippen molar-refractivity contribution in [2.75, 3.05) is 0 Å². The zero-order valence-electron chi connectivity index (χ0n) is 10.8. The van der Waals surface area contributed by atoms with E-state index in [0.717, 1.165) is 20.9 Å². The Morgan fingerprint density at radius 2 is 1.95 bits per heavy atom. The lowest BCUT2D eigenvalue weighted by Gasteiger charge is -2.02. The van der Waals surface area contributed by atoms with Gasteiger partial charge in [0.15, 0.2) is 5.16 Å². The fourth-order valence-corrected chi connectivity index (χ4v) is 3.22. The molecule has 0 saturated carbocycles. The van der Waals surface area contributed by atoms with Crippen LogP contribution in [0.1, 0.15) is 5.56 Å². The molecule has 1 aromatic heterocycles. The van der Waals surface area contributed by atoms with Crippen LogP contribution in [0, 0.1) is 5.82 Å². The molecule has 1 heterocycles. The number of aromatic nitrogens is 2. The number of imidazole rings is 1. The molecular weight excluding hydrogens is 339 g/mol. The van der Waals surface area contributed by atoms with E-state index in [1.165, 1.54) is 17.7 Å². The highest BCUT2D eigenvalue weighted by Gasteiger charge is 2.09. The lowest BCUT2D eigenvalue weighted by molar-refractivity contribution is 0.629. The first-order valence-electron chi connectivity index (χ1n) is 6.13. The molecule has 20 heavy (non-hydrogen) atoms. The van der Waals surface area contributed by atoms with Crippen molar-refractivity contribution in [1.29, 1.82) is 0 Å². The maximum atomic E-state index is 13.2. The average Bonchev–Trinajstić information content (AvgIpc) is 2.74. The molecule has 0 radical (unpaired) electrons. The number of benzene rings is 2. The molecule has 0 N–H and O–H groups in total. The van der Waals surface area contributed by atoms with Gasteiger partial charge >= 0.3 is 0 Å². The number of thioether (sulfide) groups is 1. The standard InChI is InChI=1S/C15H12BrFN2S/c1-19-14-7-6-12(17)8-13(14)18-15(19)20-9-10-2-4-11(16)5-3-10/h2-8H,9H2,1H3. The summed E-state index contributed by atoms with van der Waals surface area (Å²) in [7, 11) is 1.96. The van der Waals surface area contributed by atoms with Crippen LogP contribution in [-0.2, 0) is 12.8 Å². The second-order valence-electron chi connectivity index (χ2n) is 4.50. The van der Waals surface area contributed by atoms with Crippen LogP contribution >= 0.6 is 27.7 Å². The van der Waals surface area contributed by atoms with E-state index >= 15 is 0 Å². The molecule has 0 amide bonds. The summed E-state index contributed by atoms with van der Waals surface area (Å²) in [6, 6.07) is 12.9. The van der Waals surface area contributed by atoms with Gasteiger partial charge in [0.25, 0.3) is 0 Å². The third kappa shape index (κ3) is 2.74. The summed E-state index contributed by atoms with van der Waals surface area (Å²) in [6.07, 6.45) is 0. The molecule has 0 fully saturated rings. The highest BCUT2D eigenvalue weighted by molar-refractivity contribution is 9.10. The minimum Gasteiger partial charge on any atom is -0.322 e. The molecule has 0 aliphatic rings. The molecule has 5 heteroatoms. The predicted molar refractivity (Wildman–Crippen MR) is 84.4 cm³/mol. The van der Waals surface area contributed by atoms with Gasteiger partial charge in [-0.05, 0) is 29.8 Å². The Labute approximate surface area is 129 Å². The molecular formula is C15H12BrFN2S. The lowest BCUT2D eigenvalue weighted by Crippen LogP contribution is -1.91. The van der Waals surface area contributed by atoms with E-state index < -0.39 is 0 Å². The Hall–Kier alpha value is -1.33. The van der Waals surface area contributed by atoms with E-state index in [9.17, 15) is 4.39 Å². The second kappa shape index (κ2) is 5.58.